The van der Waals surface area contributed by atoms with E-state index in [1.54, 1.807) is 13.8 Å². The number of allylic oxidation sites excluding steroid dienone is 1. The number of aryl methyl sites for hydroxylation is 1. The second kappa shape index (κ2) is 7.34. The van der Waals surface area contributed by atoms with Crippen LogP contribution in [0.15, 0.2) is 35.5 Å². The van der Waals surface area contributed by atoms with Gasteiger partial charge < -0.3 is 15.4 Å². The molecule has 0 bridgehead atoms. The average molecular weight is 356 g/mol. The number of urea groups is 1. The van der Waals surface area contributed by atoms with Crippen LogP contribution in [0, 0.1) is 6.92 Å². The van der Waals surface area contributed by atoms with E-state index >= 15 is 0 Å². The minimum absolute atomic E-state index is 0.102. The zero-order valence-electron chi connectivity index (χ0n) is 14.8. The molecule has 0 spiro atoms. The summed E-state index contributed by atoms with van der Waals surface area (Å²) in [6, 6.07) is 6.89. The minimum atomic E-state index is -0.485. The van der Waals surface area contributed by atoms with Crippen molar-refractivity contribution in [3.63, 3.8) is 0 Å². The molecule has 1 aromatic heterocycles. The fourth-order valence-electron chi connectivity index (χ4n) is 2.67. The van der Waals surface area contributed by atoms with Crippen molar-refractivity contribution < 1.29 is 14.3 Å². The predicted octanol–water partition coefficient (Wildman–Crippen LogP) is 1.17. The lowest BCUT2D eigenvalue weighted by Gasteiger charge is -2.26. The van der Waals surface area contributed by atoms with Crippen molar-refractivity contribution in [1.82, 2.24) is 30.8 Å². The summed E-state index contributed by atoms with van der Waals surface area (Å²) in [7, 11) is 0. The number of rotatable bonds is 5. The van der Waals surface area contributed by atoms with Crippen LogP contribution < -0.4 is 10.6 Å². The molecule has 26 heavy (non-hydrogen) atoms. The summed E-state index contributed by atoms with van der Waals surface area (Å²) >= 11 is 0. The smallest absolute Gasteiger partial charge is 0.337 e. The Morgan fingerprint density at radius 3 is 2.73 bits per heavy atom. The van der Waals surface area contributed by atoms with Crippen LogP contribution in [0.1, 0.15) is 19.4 Å². The molecule has 0 radical (unpaired) electrons. The second-order valence-electron chi connectivity index (χ2n) is 5.94. The number of carbonyl (C=O) groups excluding carboxylic acids is 2. The third kappa shape index (κ3) is 3.71. The lowest BCUT2D eigenvalue weighted by Crippen LogP contribution is -2.50. The second-order valence-corrected chi connectivity index (χ2v) is 5.94. The quantitative estimate of drug-likeness (QED) is 0.778. The first kappa shape index (κ1) is 17.6. The number of hydrogen-bond acceptors (Lipinski definition) is 6. The Bertz CT molecular complexity index is 856. The van der Waals surface area contributed by atoms with E-state index in [0.29, 0.717) is 17.1 Å². The Balaban J connectivity index is 1.87. The van der Waals surface area contributed by atoms with Gasteiger partial charge in [0.2, 0.25) is 5.82 Å². The molecule has 1 aliphatic rings. The molecule has 2 N–H and O–H groups in total. The summed E-state index contributed by atoms with van der Waals surface area (Å²) in [4.78, 5) is 25.4. The zero-order valence-corrected chi connectivity index (χ0v) is 14.8. The van der Waals surface area contributed by atoms with Crippen LogP contribution in [0.4, 0.5) is 4.79 Å². The van der Waals surface area contributed by atoms with Gasteiger partial charge in [-0.25, -0.2) is 9.59 Å². The van der Waals surface area contributed by atoms with E-state index < -0.39 is 12.0 Å². The van der Waals surface area contributed by atoms with Gasteiger partial charge in [-0.1, -0.05) is 29.8 Å². The maximum absolute atomic E-state index is 12.2. The molecule has 136 valence electrons. The number of hydrogen-bond donors (Lipinski definition) is 2. The first-order chi connectivity index (χ1) is 12.5. The third-order valence-electron chi connectivity index (χ3n) is 3.93. The monoisotopic (exact) mass is 356 g/mol. The third-order valence-corrected chi connectivity index (χ3v) is 3.93. The van der Waals surface area contributed by atoms with E-state index in [2.05, 4.69) is 26.0 Å². The van der Waals surface area contributed by atoms with E-state index in [-0.39, 0.29) is 19.2 Å². The van der Waals surface area contributed by atoms with Gasteiger partial charge in [-0.3, -0.25) is 0 Å². The van der Waals surface area contributed by atoms with E-state index in [9.17, 15) is 9.59 Å². The van der Waals surface area contributed by atoms with Crippen molar-refractivity contribution >= 4 is 12.0 Å². The number of nitrogens with zero attached hydrogens (tertiary/aromatic N) is 4. The molecule has 0 saturated heterocycles. The summed E-state index contributed by atoms with van der Waals surface area (Å²) in [6.45, 7) is 5.79. The number of carbonyl (C=O) groups is 2. The summed E-state index contributed by atoms with van der Waals surface area (Å²) in [5, 5.41) is 17.7. The van der Waals surface area contributed by atoms with Crippen molar-refractivity contribution in [2.75, 3.05) is 6.61 Å². The lowest BCUT2D eigenvalue weighted by molar-refractivity contribution is -0.139. The fraction of sp³-hybridized carbons (Fsp3) is 0.353. The Hall–Kier alpha value is -3.23. The number of esters is 1. The lowest BCUT2D eigenvalue weighted by atomic mass is 10.0. The van der Waals surface area contributed by atoms with Crippen molar-refractivity contribution in [1.29, 1.82) is 0 Å². The molecule has 1 aromatic carbocycles. The summed E-state index contributed by atoms with van der Waals surface area (Å²) < 4.78 is 5.09. The van der Waals surface area contributed by atoms with Gasteiger partial charge in [0.15, 0.2) is 0 Å². The maximum Gasteiger partial charge on any atom is 0.337 e. The van der Waals surface area contributed by atoms with Crippen molar-refractivity contribution in [2.24, 2.45) is 0 Å². The Morgan fingerprint density at radius 1 is 1.31 bits per heavy atom. The van der Waals surface area contributed by atoms with Gasteiger partial charge in [0.05, 0.1) is 23.9 Å². The van der Waals surface area contributed by atoms with Gasteiger partial charge in [-0.05, 0) is 26.0 Å². The molecule has 1 atom stereocenters. The van der Waals surface area contributed by atoms with E-state index in [1.807, 2.05) is 31.2 Å². The van der Waals surface area contributed by atoms with Gasteiger partial charge in [0.1, 0.15) is 6.54 Å². The molecule has 2 aromatic rings. The van der Waals surface area contributed by atoms with Crippen LogP contribution in [0.2, 0.25) is 0 Å². The van der Waals surface area contributed by atoms with Crippen LogP contribution in [-0.2, 0) is 16.1 Å². The Labute approximate surface area is 150 Å². The number of amides is 2. The van der Waals surface area contributed by atoms with Crippen LogP contribution >= 0.6 is 0 Å². The Morgan fingerprint density at radius 2 is 2.04 bits per heavy atom. The summed E-state index contributed by atoms with van der Waals surface area (Å²) in [5.41, 5.74) is 2.72. The number of benzene rings is 1. The van der Waals surface area contributed by atoms with Gasteiger partial charge in [-0.15, -0.1) is 10.2 Å². The minimum Gasteiger partial charge on any atom is -0.463 e. The SMILES string of the molecule is CCOC(=O)C1=C(Cn2nnc(-c3ccc(C)cc3)n2)NC(=O)N[C@@H]1C. The van der Waals surface area contributed by atoms with Crippen molar-refractivity contribution in [3.8, 4) is 11.4 Å². The van der Waals surface area contributed by atoms with Crippen LogP contribution in [-0.4, -0.2) is 44.9 Å². The van der Waals surface area contributed by atoms with Crippen LogP contribution in [0.5, 0.6) is 0 Å². The van der Waals surface area contributed by atoms with Gasteiger partial charge in [-0.2, -0.15) is 4.80 Å². The molecule has 2 amide bonds. The largest absolute Gasteiger partial charge is 0.463 e. The van der Waals surface area contributed by atoms with Gasteiger partial charge >= 0.3 is 12.0 Å². The molecule has 9 heteroatoms. The van der Waals surface area contributed by atoms with Gasteiger partial charge in [0.25, 0.3) is 0 Å². The van der Waals surface area contributed by atoms with Crippen molar-refractivity contribution in [3.05, 3.63) is 41.1 Å². The van der Waals surface area contributed by atoms with E-state index in [0.717, 1.165) is 11.1 Å². The number of nitrogens with one attached hydrogen (secondary N) is 2. The highest BCUT2D eigenvalue weighted by atomic mass is 16.5. The molecular weight excluding hydrogens is 336 g/mol. The summed E-state index contributed by atoms with van der Waals surface area (Å²) in [6.07, 6.45) is 0. The van der Waals surface area contributed by atoms with Crippen molar-refractivity contribution in [2.45, 2.75) is 33.4 Å². The number of ether oxygens (including phenoxy) is 1. The molecule has 2 heterocycles. The molecule has 0 fully saturated rings. The Kier molecular flexibility index (Phi) is 4.97. The number of tetrazole rings is 1. The normalized spacial score (nSPS) is 16.9. The molecule has 0 saturated carbocycles. The highest BCUT2D eigenvalue weighted by Crippen LogP contribution is 2.17. The fourth-order valence-corrected chi connectivity index (χ4v) is 2.67. The predicted molar refractivity (Wildman–Crippen MR) is 92.8 cm³/mol. The first-order valence-corrected chi connectivity index (χ1v) is 8.30. The molecule has 1 aliphatic heterocycles. The highest BCUT2D eigenvalue weighted by molar-refractivity contribution is 5.94. The molecule has 9 nitrogen and oxygen atoms in total. The number of aromatic nitrogens is 4. The van der Waals surface area contributed by atoms with E-state index in [4.69, 9.17) is 4.74 Å². The maximum atomic E-state index is 12.2. The standard InChI is InChI=1S/C17H20N6O3/c1-4-26-16(24)14-11(3)18-17(25)19-13(14)9-23-21-15(20-22-23)12-7-5-10(2)6-8-12/h5-8,11H,4,9H2,1-3H3,(H2,18,19,25)/t11-/m1/s1. The average Bonchev–Trinajstić information content (AvgIpc) is 3.03. The van der Waals surface area contributed by atoms with Crippen LogP contribution in [0.3, 0.4) is 0 Å². The van der Waals surface area contributed by atoms with E-state index in [1.165, 1.54) is 4.80 Å². The van der Waals surface area contributed by atoms with Crippen LogP contribution in [0.25, 0.3) is 11.4 Å². The van der Waals surface area contributed by atoms with Gasteiger partial charge in [0, 0.05) is 5.56 Å². The topological polar surface area (TPSA) is 111 Å². The summed E-state index contributed by atoms with van der Waals surface area (Å²) in [5.74, 6) is -0.0158. The zero-order chi connectivity index (χ0) is 18.7. The molecule has 0 unspecified atom stereocenters. The molecular formula is C17H20N6O3. The highest BCUT2D eigenvalue weighted by Gasteiger charge is 2.30. The molecule has 3 rings (SSSR count). The molecule has 0 aliphatic carbocycles. The first-order valence-electron chi connectivity index (χ1n) is 8.30.